The SMILES string of the molecule is COc1ccc(C2(C)NC(=S)N(C(C)C)N2)c(OC)c1. The Bertz CT molecular complexity index is 521. The van der Waals surface area contributed by atoms with Gasteiger partial charge in [0.15, 0.2) is 5.11 Å². The van der Waals surface area contributed by atoms with Gasteiger partial charge >= 0.3 is 0 Å². The molecule has 0 radical (unpaired) electrons. The van der Waals surface area contributed by atoms with Gasteiger partial charge in [0.05, 0.1) is 14.2 Å². The van der Waals surface area contributed by atoms with Crippen LogP contribution in [0.3, 0.4) is 0 Å². The van der Waals surface area contributed by atoms with Gasteiger partial charge in [0, 0.05) is 17.7 Å². The molecule has 20 heavy (non-hydrogen) atoms. The fraction of sp³-hybridized carbons (Fsp3) is 0.500. The molecule has 6 heteroatoms. The van der Waals surface area contributed by atoms with E-state index in [1.54, 1.807) is 14.2 Å². The van der Waals surface area contributed by atoms with Crippen molar-refractivity contribution < 1.29 is 9.47 Å². The minimum atomic E-state index is -0.501. The molecule has 1 fully saturated rings. The van der Waals surface area contributed by atoms with Crippen LogP contribution in [0.1, 0.15) is 26.3 Å². The van der Waals surface area contributed by atoms with Gasteiger partial charge in [0.2, 0.25) is 0 Å². The number of nitrogens with zero attached hydrogens (tertiary/aromatic N) is 1. The van der Waals surface area contributed by atoms with E-state index in [0.717, 1.165) is 17.1 Å². The maximum atomic E-state index is 5.47. The monoisotopic (exact) mass is 295 g/mol. The molecule has 2 N–H and O–H groups in total. The van der Waals surface area contributed by atoms with Gasteiger partial charge in [-0.3, -0.25) is 5.01 Å². The Morgan fingerprint density at radius 1 is 1.25 bits per heavy atom. The van der Waals surface area contributed by atoms with E-state index in [2.05, 4.69) is 24.6 Å². The third kappa shape index (κ3) is 2.53. The molecule has 1 unspecified atom stereocenters. The van der Waals surface area contributed by atoms with Crippen LogP contribution in [-0.2, 0) is 5.66 Å². The molecule has 2 rings (SSSR count). The Labute approximate surface area is 125 Å². The van der Waals surface area contributed by atoms with Crippen LogP contribution in [0.4, 0.5) is 0 Å². The lowest BCUT2D eigenvalue weighted by molar-refractivity contribution is 0.199. The summed E-state index contributed by atoms with van der Waals surface area (Å²) in [7, 11) is 3.28. The average Bonchev–Trinajstić information content (AvgIpc) is 2.74. The molecule has 0 bridgehead atoms. The summed E-state index contributed by atoms with van der Waals surface area (Å²) < 4.78 is 10.7. The van der Waals surface area contributed by atoms with Crippen LogP contribution in [0.2, 0.25) is 0 Å². The number of thiocarbonyl (C=S) groups is 1. The first-order valence-electron chi connectivity index (χ1n) is 6.53. The van der Waals surface area contributed by atoms with Crippen LogP contribution in [0.25, 0.3) is 0 Å². The summed E-state index contributed by atoms with van der Waals surface area (Å²) in [4.78, 5) is 0. The highest BCUT2D eigenvalue weighted by Gasteiger charge is 2.40. The van der Waals surface area contributed by atoms with Gasteiger partial charge in [0.1, 0.15) is 17.2 Å². The maximum absolute atomic E-state index is 5.47. The average molecular weight is 295 g/mol. The maximum Gasteiger partial charge on any atom is 0.185 e. The molecule has 0 saturated carbocycles. The highest BCUT2D eigenvalue weighted by Crippen LogP contribution is 2.34. The van der Waals surface area contributed by atoms with E-state index < -0.39 is 5.66 Å². The van der Waals surface area contributed by atoms with Crippen molar-refractivity contribution in [3.63, 3.8) is 0 Å². The van der Waals surface area contributed by atoms with Crippen LogP contribution < -0.4 is 20.2 Å². The lowest BCUT2D eigenvalue weighted by atomic mass is 10.0. The molecular formula is C14H21N3O2S. The highest BCUT2D eigenvalue weighted by atomic mass is 32.1. The molecule has 1 atom stereocenters. The van der Waals surface area contributed by atoms with E-state index in [1.165, 1.54) is 0 Å². The zero-order valence-electron chi connectivity index (χ0n) is 12.5. The summed E-state index contributed by atoms with van der Waals surface area (Å²) in [6.07, 6.45) is 0. The van der Waals surface area contributed by atoms with Gasteiger partial charge in [-0.2, -0.15) is 0 Å². The van der Waals surface area contributed by atoms with E-state index in [9.17, 15) is 0 Å². The number of hydrogen-bond donors (Lipinski definition) is 2. The molecule has 0 amide bonds. The van der Waals surface area contributed by atoms with E-state index in [0.29, 0.717) is 5.11 Å². The molecule has 110 valence electrons. The molecule has 1 heterocycles. The largest absolute Gasteiger partial charge is 0.497 e. The summed E-state index contributed by atoms with van der Waals surface area (Å²) >= 11 is 5.38. The quantitative estimate of drug-likeness (QED) is 0.828. The van der Waals surface area contributed by atoms with Crippen molar-refractivity contribution in [3.05, 3.63) is 23.8 Å². The van der Waals surface area contributed by atoms with Crippen molar-refractivity contribution in [2.24, 2.45) is 0 Å². The smallest absolute Gasteiger partial charge is 0.185 e. The second-order valence-corrected chi connectivity index (χ2v) is 5.58. The molecule has 1 aromatic rings. The summed E-state index contributed by atoms with van der Waals surface area (Å²) in [5.41, 5.74) is 3.88. The molecule has 0 aliphatic carbocycles. The topological polar surface area (TPSA) is 45.8 Å². The lowest BCUT2D eigenvalue weighted by Gasteiger charge is -2.29. The molecule has 1 aliphatic rings. The van der Waals surface area contributed by atoms with Gasteiger partial charge in [-0.05, 0) is 45.1 Å². The van der Waals surface area contributed by atoms with Crippen molar-refractivity contribution in [2.45, 2.75) is 32.5 Å². The molecule has 1 saturated heterocycles. The number of rotatable bonds is 4. The molecule has 1 aromatic carbocycles. The second-order valence-electron chi connectivity index (χ2n) is 5.20. The molecule has 0 aromatic heterocycles. The Morgan fingerprint density at radius 2 is 1.95 bits per heavy atom. The standard InChI is InChI=1S/C14H21N3O2S/c1-9(2)17-13(20)15-14(3,16-17)11-7-6-10(18-4)8-12(11)19-5/h6-9,16H,1-5H3,(H,15,20). The molecule has 1 aliphatic heterocycles. The van der Waals surface area contributed by atoms with Crippen LogP contribution in [0.5, 0.6) is 11.5 Å². The normalized spacial score (nSPS) is 22.1. The molecular weight excluding hydrogens is 274 g/mol. The Balaban J connectivity index is 2.38. The lowest BCUT2D eigenvalue weighted by Crippen LogP contribution is -2.47. The first kappa shape index (κ1) is 14.9. The third-order valence-corrected chi connectivity index (χ3v) is 3.68. The Hall–Kier alpha value is -1.53. The van der Waals surface area contributed by atoms with Gasteiger partial charge in [-0.15, -0.1) is 0 Å². The Kier molecular flexibility index (Phi) is 4.06. The van der Waals surface area contributed by atoms with Crippen molar-refractivity contribution in [1.29, 1.82) is 0 Å². The summed E-state index contributed by atoms with van der Waals surface area (Å²) in [6, 6.07) is 6.02. The highest BCUT2D eigenvalue weighted by molar-refractivity contribution is 7.80. The number of methoxy groups -OCH3 is 2. The number of hydrazine groups is 1. The minimum absolute atomic E-state index is 0.265. The van der Waals surface area contributed by atoms with E-state index >= 15 is 0 Å². The Morgan fingerprint density at radius 3 is 2.45 bits per heavy atom. The zero-order chi connectivity index (χ0) is 14.9. The van der Waals surface area contributed by atoms with Gasteiger partial charge in [-0.1, -0.05) is 0 Å². The fourth-order valence-corrected chi connectivity index (χ4v) is 2.76. The predicted octanol–water partition coefficient (Wildman–Crippen LogP) is 1.98. The summed E-state index contributed by atoms with van der Waals surface area (Å²) in [6.45, 7) is 6.20. The fourth-order valence-electron chi connectivity index (χ4n) is 2.30. The number of hydrogen-bond acceptors (Lipinski definition) is 4. The van der Waals surface area contributed by atoms with Crippen molar-refractivity contribution >= 4 is 17.3 Å². The minimum Gasteiger partial charge on any atom is -0.497 e. The number of ether oxygens (including phenoxy) is 2. The first-order chi connectivity index (χ1) is 9.41. The van der Waals surface area contributed by atoms with Gasteiger partial charge in [0.25, 0.3) is 0 Å². The summed E-state index contributed by atoms with van der Waals surface area (Å²) in [5.74, 6) is 1.51. The second kappa shape index (κ2) is 5.46. The van der Waals surface area contributed by atoms with Crippen molar-refractivity contribution in [3.8, 4) is 11.5 Å². The number of benzene rings is 1. The third-order valence-electron chi connectivity index (χ3n) is 3.38. The van der Waals surface area contributed by atoms with Crippen LogP contribution in [0, 0.1) is 0 Å². The zero-order valence-corrected chi connectivity index (χ0v) is 13.3. The van der Waals surface area contributed by atoms with Crippen molar-refractivity contribution in [1.82, 2.24) is 15.8 Å². The predicted molar refractivity (Wildman–Crippen MR) is 82.7 cm³/mol. The number of nitrogens with one attached hydrogen (secondary N) is 2. The molecule has 0 spiro atoms. The first-order valence-corrected chi connectivity index (χ1v) is 6.94. The molecule has 5 nitrogen and oxygen atoms in total. The van der Waals surface area contributed by atoms with E-state index in [1.807, 2.05) is 30.1 Å². The van der Waals surface area contributed by atoms with E-state index in [4.69, 9.17) is 21.7 Å². The van der Waals surface area contributed by atoms with Crippen LogP contribution in [0.15, 0.2) is 18.2 Å². The summed E-state index contributed by atoms with van der Waals surface area (Å²) in [5, 5.41) is 5.94. The van der Waals surface area contributed by atoms with Gasteiger partial charge < -0.3 is 14.8 Å². The van der Waals surface area contributed by atoms with E-state index in [-0.39, 0.29) is 6.04 Å². The van der Waals surface area contributed by atoms with Crippen LogP contribution in [-0.4, -0.2) is 30.4 Å². The van der Waals surface area contributed by atoms with Crippen LogP contribution >= 0.6 is 12.2 Å². The van der Waals surface area contributed by atoms with Crippen molar-refractivity contribution in [2.75, 3.05) is 14.2 Å². The van der Waals surface area contributed by atoms with Gasteiger partial charge in [-0.25, -0.2) is 5.43 Å².